The maximum Gasteiger partial charge on any atom is 0.392 e. The van der Waals surface area contributed by atoms with Crippen molar-refractivity contribution in [3.63, 3.8) is 0 Å². The van der Waals surface area contributed by atoms with Crippen LogP contribution in [0.15, 0.2) is 18.2 Å². The van der Waals surface area contributed by atoms with Crippen LogP contribution in [0.2, 0.25) is 0 Å². The summed E-state index contributed by atoms with van der Waals surface area (Å²) in [5.74, 6) is 1.12. The average Bonchev–Trinajstić information content (AvgIpc) is 2.47. The second-order valence-corrected chi connectivity index (χ2v) is 4.78. The van der Waals surface area contributed by atoms with E-state index >= 15 is 0 Å². The van der Waals surface area contributed by atoms with Crippen LogP contribution in [0.5, 0.6) is 11.5 Å². The Balaban J connectivity index is 2.11. The van der Waals surface area contributed by atoms with Crippen LogP contribution in [0, 0.1) is 0 Å². The van der Waals surface area contributed by atoms with Crippen LogP contribution in [-0.2, 0) is 0 Å². The van der Waals surface area contributed by atoms with Gasteiger partial charge in [0.25, 0.3) is 0 Å². The van der Waals surface area contributed by atoms with Crippen molar-refractivity contribution in [1.29, 1.82) is 0 Å². The van der Waals surface area contributed by atoms with Crippen molar-refractivity contribution >= 4 is 5.69 Å². The summed E-state index contributed by atoms with van der Waals surface area (Å²) in [6.45, 7) is 2.85. The maximum atomic E-state index is 12.2. The summed E-state index contributed by atoms with van der Waals surface area (Å²) in [5, 5.41) is 3.23. The molecule has 21 heavy (non-hydrogen) atoms. The van der Waals surface area contributed by atoms with Crippen molar-refractivity contribution in [1.82, 2.24) is 5.32 Å². The number of halogens is 3. The Kier molecular flexibility index (Phi) is 5.17. The lowest BCUT2D eigenvalue weighted by atomic mass is 10.2. The van der Waals surface area contributed by atoms with E-state index in [1.165, 1.54) is 0 Å². The third-order valence-electron chi connectivity index (χ3n) is 3.27. The van der Waals surface area contributed by atoms with Crippen molar-refractivity contribution in [2.75, 3.05) is 44.8 Å². The molecule has 0 spiro atoms. The van der Waals surface area contributed by atoms with Gasteiger partial charge in [0.2, 0.25) is 0 Å². The first kappa shape index (κ1) is 15.8. The molecule has 0 atom stereocenters. The number of piperazine rings is 1. The van der Waals surface area contributed by atoms with Gasteiger partial charge in [0.15, 0.2) is 0 Å². The summed E-state index contributed by atoms with van der Waals surface area (Å²) in [4.78, 5) is 2.09. The molecule has 1 heterocycles. The fourth-order valence-electron chi connectivity index (χ4n) is 2.18. The second-order valence-electron chi connectivity index (χ2n) is 4.78. The van der Waals surface area contributed by atoms with Gasteiger partial charge in [-0.25, -0.2) is 0 Å². The molecule has 0 amide bonds. The van der Waals surface area contributed by atoms with E-state index in [1.54, 1.807) is 25.3 Å². The normalized spacial score (nSPS) is 15.9. The Bertz CT molecular complexity index is 460. The summed E-state index contributed by atoms with van der Waals surface area (Å²) < 4.78 is 47.2. The zero-order valence-electron chi connectivity index (χ0n) is 11.9. The lowest BCUT2D eigenvalue weighted by molar-refractivity contribution is -0.139. The van der Waals surface area contributed by atoms with E-state index in [0.29, 0.717) is 11.5 Å². The molecular weight excluding hydrogens is 285 g/mol. The first-order chi connectivity index (χ1) is 9.99. The van der Waals surface area contributed by atoms with E-state index in [2.05, 4.69) is 10.2 Å². The number of benzene rings is 1. The van der Waals surface area contributed by atoms with Crippen LogP contribution in [-0.4, -0.2) is 46.1 Å². The lowest BCUT2D eigenvalue weighted by Gasteiger charge is -2.31. The van der Waals surface area contributed by atoms with Gasteiger partial charge in [0.05, 0.1) is 25.8 Å². The van der Waals surface area contributed by atoms with Gasteiger partial charge < -0.3 is 19.7 Å². The number of anilines is 1. The van der Waals surface area contributed by atoms with Crippen LogP contribution >= 0.6 is 0 Å². The molecule has 7 heteroatoms. The summed E-state index contributed by atoms with van der Waals surface area (Å²) in [5.41, 5.74) is 0.776. The van der Waals surface area contributed by atoms with E-state index in [0.717, 1.165) is 31.9 Å². The van der Waals surface area contributed by atoms with Crippen molar-refractivity contribution < 1.29 is 22.6 Å². The number of ether oxygens (including phenoxy) is 2. The molecule has 0 bridgehead atoms. The molecule has 1 aromatic carbocycles. The molecule has 2 rings (SSSR count). The molecule has 1 aromatic rings. The maximum absolute atomic E-state index is 12.2. The van der Waals surface area contributed by atoms with Crippen LogP contribution in [0.3, 0.4) is 0 Å². The van der Waals surface area contributed by atoms with E-state index in [4.69, 9.17) is 9.47 Å². The quantitative estimate of drug-likeness (QED) is 0.906. The van der Waals surface area contributed by atoms with Gasteiger partial charge in [0.1, 0.15) is 11.5 Å². The fraction of sp³-hybridized carbons (Fsp3) is 0.571. The zero-order chi connectivity index (χ0) is 15.3. The molecule has 0 unspecified atom stereocenters. The number of rotatable bonds is 5. The topological polar surface area (TPSA) is 33.7 Å². The Hall–Kier alpha value is -1.63. The van der Waals surface area contributed by atoms with E-state index < -0.39 is 12.6 Å². The van der Waals surface area contributed by atoms with Crippen LogP contribution in [0.25, 0.3) is 0 Å². The standard InChI is InChI=1S/C14H19F3N2O2/c1-20-11-2-3-13(21-9-4-14(15,16)17)12(10-11)19-7-5-18-6-8-19/h2-3,10,18H,4-9H2,1H3. The van der Waals surface area contributed by atoms with Gasteiger partial charge in [-0.1, -0.05) is 0 Å². The highest BCUT2D eigenvalue weighted by molar-refractivity contribution is 5.62. The van der Waals surface area contributed by atoms with Crippen molar-refractivity contribution in [3.8, 4) is 11.5 Å². The molecule has 118 valence electrons. The average molecular weight is 304 g/mol. The molecule has 0 aromatic heterocycles. The summed E-state index contributed by atoms with van der Waals surface area (Å²) in [6.07, 6.45) is -5.16. The predicted molar refractivity (Wildman–Crippen MR) is 74.2 cm³/mol. The van der Waals surface area contributed by atoms with Gasteiger partial charge in [-0.05, 0) is 12.1 Å². The molecule has 0 aliphatic carbocycles. The summed E-state index contributed by atoms with van der Waals surface area (Å²) >= 11 is 0. The largest absolute Gasteiger partial charge is 0.497 e. The smallest absolute Gasteiger partial charge is 0.392 e. The molecule has 4 nitrogen and oxygen atoms in total. The number of nitrogens with zero attached hydrogens (tertiary/aromatic N) is 1. The van der Waals surface area contributed by atoms with Gasteiger partial charge >= 0.3 is 6.18 Å². The van der Waals surface area contributed by atoms with Crippen LogP contribution < -0.4 is 19.7 Å². The Labute approximate surface area is 121 Å². The minimum absolute atomic E-state index is 0.380. The van der Waals surface area contributed by atoms with Crippen LogP contribution in [0.4, 0.5) is 18.9 Å². The number of hydrogen-bond acceptors (Lipinski definition) is 4. The molecular formula is C14H19F3N2O2. The number of alkyl halides is 3. The molecule has 1 fully saturated rings. The van der Waals surface area contributed by atoms with Gasteiger partial charge in [0, 0.05) is 32.2 Å². The second kappa shape index (κ2) is 6.89. The first-order valence-corrected chi connectivity index (χ1v) is 6.83. The monoisotopic (exact) mass is 304 g/mol. The highest BCUT2D eigenvalue weighted by atomic mass is 19.4. The lowest BCUT2D eigenvalue weighted by Crippen LogP contribution is -2.43. The Morgan fingerprint density at radius 2 is 1.95 bits per heavy atom. The fourth-order valence-corrected chi connectivity index (χ4v) is 2.18. The van der Waals surface area contributed by atoms with Crippen molar-refractivity contribution in [3.05, 3.63) is 18.2 Å². The highest BCUT2D eigenvalue weighted by Crippen LogP contribution is 2.33. The third-order valence-corrected chi connectivity index (χ3v) is 3.27. The van der Waals surface area contributed by atoms with Gasteiger partial charge in [-0.3, -0.25) is 0 Å². The van der Waals surface area contributed by atoms with E-state index in [9.17, 15) is 13.2 Å². The Morgan fingerprint density at radius 3 is 2.57 bits per heavy atom. The minimum atomic E-state index is -4.21. The summed E-state index contributed by atoms with van der Waals surface area (Å²) in [7, 11) is 1.56. The zero-order valence-corrected chi connectivity index (χ0v) is 11.9. The SMILES string of the molecule is COc1ccc(OCCC(F)(F)F)c(N2CCNCC2)c1. The Morgan fingerprint density at radius 1 is 1.24 bits per heavy atom. The molecule has 1 aliphatic rings. The van der Waals surface area contributed by atoms with Gasteiger partial charge in [-0.15, -0.1) is 0 Å². The van der Waals surface area contributed by atoms with Crippen LogP contribution in [0.1, 0.15) is 6.42 Å². The molecule has 1 N–H and O–H groups in total. The van der Waals surface area contributed by atoms with E-state index in [-0.39, 0.29) is 6.61 Å². The molecule has 0 saturated carbocycles. The highest BCUT2D eigenvalue weighted by Gasteiger charge is 2.27. The number of hydrogen-bond donors (Lipinski definition) is 1. The number of nitrogens with one attached hydrogen (secondary N) is 1. The van der Waals surface area contributed by atoms with Crippen molar-refractivity contribution in [2.45, 2.75) is 12.6 Å². The summed E-state index contributed by atoms with van der Waals surface area (Å²) in [6, 6.07) is 5.15. The van der Waals surface area contributed by atoms with E-state index in [1.807, 2.05) is 0 Å². The predicted octanol–water partition coefficient (Wildman–Crippen LogP) is 2.44. The van der Waals surface area contributed by atoms with Crippen molar-refractivity contribution in [2.24, 2.45) is 0 Å². The van der Waals surface area contributed by atoms with Gasteiger partial charge in [-0.2, -0.15) is 13.2 Å². The first-order valence-electron chi connectivity index (χ1n) is 6.83. The third kappa shape index (κ3) is 4.70. The molecule has 1 saturated heterocycles. The molecule has 0 radical (unpaired) electrons. The number of methoxy groups -OCH3 is 1. The molecule has 1 aliphatic heterocycles. The minimum Gasteiger partial charge on any atom is -0.497 e.